The van der Waals surface area contributed by atoms with E-state index >= 15 is 0 Å². The fourth-order valence-corrected chi connectivity index (χ4v) is 3.49. The van der Waals surface area contributed by atoms with E-state index in [1.165, 1.54) is 6.07 Å². The minimum Gasteiger partial charge on any atom is -0.493 e. The Bertz CT molecular complexity index is 1060. The van der Waals surface area contributed by atoms with E-state index in [2.05, 4.69) is 4.98 Å². The van der Waals surface area contributed by atoms with E-state index in [0.717, 1.165) is 31.6 Å². The molecule has 29 heavy (non-hydrogen) atoms. The Morgan fingerprint density at radius 3 is 2.76 bits per heavy atom. The van der Waals surface area contributed by atoms with Crippen molar-refractivity contribution in [3.63, 3.8) is 0 Å². The lowest BCUT2D eigenvalue weighted by atomic mass is 10.0. The number of rotatable bonds is 6. The first-order chi connectivity index (χ1) is 14.1. The summed E-state index contributed by atoms with van der Waals surface area (Å²) >= 11 is 0. The van der Waals surface area contributed by atoms with Crippen molar-refractivity contribution in [2.24, 2.45) is 5.92 Å². The highest BCUT2D eigenvalue weighted by Crippen LogP contribution is 2.26. The third-order valence-corrected chi connectivity index (χ3v) is 5.35. The van der Waals surface area contributed by atoms with Crippen molar-refractivity contribution < 1.29 is 18.6 Å². The van der Waals surface area contributed by atoms with Crippen LogP contribution >= 0.6 is 0 Å². The number of halogens is 1. The zero-order valence-electron chi connectivity index (χ0n) is 16.4. The van der Waals surface area contributed by atoms with Gasteiger partial charge in [-0.15, -0.1) is 0 Å². The van der Waals surface area contributed by atoms with Crippen LogP contribution in [0.2, 0.25) is 0 Å². The number of H-pyrrole nitrogens is 1. The summed E-state index contributed by atoms with van der Waals surface area (Å²) in [6.45, 7) is 3.90. The molecule has 0 amide bonds. The van der Waals surface area contributed by atoms with Crippen molar-refractivity contribution >= 4 is 10.9 Å². The third-order valence-electron chi connectivity index (χ3n) is 5.35. The summed E-state index contributed by atoms with van der Waals surface area (Å²) in [6, 6.07) is 11.8. The average Bonchev–Trinajstić information content (AvgIpc) is 2.76. The first kappa shape index (κ1) is 19.5. The molecule has 6 heteroatoms. The number of nitrogens with one attached hydrogen (secondary N) is 1. The maximum absolute atomic E-state index is 14.2. The maximum atomic E-state index is 14.2. The molecule has 4 rings (SSSR count). The van der Waals surface area contributed by atoms with E-state index in [1.54, 1.807) is 25.1 Å². The number of aromatic amines is 1. The number of pyridine rings is 1. The van der Waals surface area contributed by atoms with Crippen LogP contribution in [0.5, 0.6) is 11.5 Å². The molecule has 1 saturated heterocycles. The van der Waals surface area contributed by atoms with E-state index in [1.807, 2.05) is 18.2 Å². The van der Waals surface area contributed by atoms with Crippen molar-refractivity contribution in [1.82, 2.24) is 4.98 Å². The molecule has 0 unspecified atom stereocenters. The highest BCUT2D eigenvalue weighted by molar-refractivity contribution is 5.79. The predicted molar refractivity (Wildman–Crippen MR) is 109 cm³/mol. The molecule has 0 atom stereocenters. The van der Waals surface area contributed by atoms with Gasteiger partial charge in [-0.05, 0) is 49.9 Å². The largest absolute Gasteiger partial charge is 0.493 e. The molecular formula is C23H24FNO4. The first-order valence-corrected chi connectivity index (χ1v) is 9.85. The van der Waals surface area contributed by atoms with Crippen LogP contribution in [-0.4, -0.2) is 24.8 Å². The highest BCUT2D eigenvalue weighted by atomic mass is 19.1. The van der Waals surface area contributed by atoms with Gasteiger partial charge in [-0.1, -0.05) is 12.1 Å². The summed E-state index contributed by atoms with van der Waals surface area (Å²) in [4.78, 5) is 15.8. The van der Waals surface area contributed by atoms with Gasteiger partial charge in [-0.2, -0.15) is 0 Å². The molecular weight excluding hydrogens is 373 g/mol. The Balaban J connectivity index is 1.47. The number of para-hydroxylation sites is 1. The van der Waals surface area contributed by atoms with Gasteiger partial charge in [0.25, 0.3) is 0 Å². The summed E-state index contributed by atoms with van der Waals surface area (Å²) in [5.41, 5.74) is 1.88. The quantitative estimate of drug-likeness (QED) is 0.671. The molecule has 0 aliphatic carbocycles. The highest BCUT2D eigenvalue weighted by Gasteiger charge is 2.15. The van der Waals surface area contributed by atoms with Crippen LogP contribution in [0.1, 0.15) is 24.1 Å². The smallest absolute Gasteiger partial charge is 0.192 e. The van der Waals surface area contributed by atoms with E-state index in [0.29, 0.717) is 34.9 Å². The number of hydrogen-bond donors (Lipinski definition) is 1. The van der Waals surface area contributed by atoms with Crippen molar-refractivity contribution in [2.75, 3.05) is 19.8 Å². The molecule has 152 valence electrons. The average molecular weight is 397 g/mol. The molecule has 0 bridgehead atoms. The van der Waals surface area contributed by atoms with Gasteiger partial charge in [0.05, 0.1) is 12.3 Å². The zero-order valence-corrected chi connectivity index (χ0v) is 16.4. The van der Waals surface area contributed by atoms with Crippen LogP contribution in [0.4, 0.5) is 4.39 Å². The lowest BCUT2D eigenvalue weighted by molar-refractivity contribution is 0.0497. The number of fused-ring (bicyclic) bond motifs is 1. The van der Waals surface area contributed by atoms with Gasteiger partial charge >= 0.3 is 0 Å². The van der Waals surface area contributed by atoms with E-state index < -0.39 is 5.82 Å². The SMILES string of the molecule is Cc1c(COc2cc(OCC3CCOCC3)ccc2F)[nH]c2ccccc2c1=O. The molecule has 2 aromatic carbocycles. The molecule has 1 aromatic heterocycles. The van der Waals surface area contributed by atoms with Crippen LogP contribution < -0.4 is 14.9 Å². The second-order valence-electron chi connectivity index (χ2n) is 7.35. The van der Waals surface area contributed by atoms with Gasteiger partial charge in [0.2, 0.25) is 0 Å². The summed E-state index contributed by atoms with van der Waals surface area (Å²) in [5, 5.41) is 0.628. The van der Waals surface area contributed by atoms with E-state index in [9.17, 15) is 9.18 Å². The van der Waals surface area contributed by atoms with Crippen LogP contribution in [0.3, 0.4) is 0 Å². The summed E-state index contributed by atoms with van der Waals surface area (Å²) in [5.74, 6) is 0.646. The minimum atomic E-state index is -0.468. The normalized spacial score (nSPS) is 14.8. The molecule has 0 radical (unpaired) electrons. The predicted octanol–water partition coefficient (Wildman–Crippen LogP) is 4.36. The molecule has 2 heterocycles. The molecule has 1 aliphatic rings. The topological polar surface area (TPSA) is 60.6 Å². The first-order valence-electron chi connectivity index (χ1n) is 9.85. The van der Waals surface area contributed by atoms with Gasteiger partial charge < -0.3 is 19.2 Å². The van der Waals surface area contributed by atoms with Crippen LogP contribution in [0.15, 0.2) is 47.3 Å². The molecule has 1 N–H and O–H groups in total. The monoisotopic (exact) mass is 397 g/mol. The fraction of sp³-hybridized carbons (Fsp3) is 0.348. The van der Waals surface area contributed by atoms with E-state index in [4.69, 9.17) is 14.2 Å². The summed E-state index contributed by atoms with van der Waals surface area (Å²) in [6.07, 6.45) is 1.94. The summed E-state index contributed by atoms with van der Waals surface area (Å²) < 4.78 is 31.1. The number of ether oxygens (including phenoxy) is 3. The molecule has 1 aliphatic heterocycles. The van der Waals surface area contributed by atoms with E-state index in [-0.39, 0.29) is 17.8 Å². The molecule has 3 aromatic rings. The van der Waals surface area contributed by atoms with Crippen LogP contribution in [0.25, 0.3) is 10.9 Å². The Morgan fingerprint density at radius 2 is 1.93 bits per heavy atom. The minimum absolute atomic E-state index is 0.0491. The van der Waals surface area contributed by atoms with Gasteiger partial charge in [-0.25, -0.2) is 4.39 Å². The number of hydrogen-bond acceptors (Lipinski definition) is 4. The lowest BCUT2D eigenvalue weighted by Crippen LogP contribution is -2.21. The fourth-order valence-electron chi connectivity index (χ4n) is 3.49. The molecule has 5 nitrogen and oxygen atoms in total. The van der Waals surface area contributed by atoms with Crippen molar-refractivity contribution in [3.05, 3.63) is 69.8 Å². The molecule has 0 saturated carbocycles. The van der Waals surface area contributed by atoms with Crippen molar-refractivity contribution in [1.29, 1.82) is 0 Å². The van der Waals surface area contributed by atoms with Crippen molar-refractivity contribution in [3.8, 4) is 11.5 Å². The lowest BCUT2D eigenvalue weighted by Gasteiger charge is -2.22. The third kappa shape index (κ3) is 4.43. The van der Waals surface area contributed by atoms with Crippen LogP contribution in [-0.2, 0) is 11.3 Å². The van der Waals surface area contributed by atoms with Crippen LogP contribution in [0, 0.1) is 18.7 Å². The van der Waals surface area contributed by atoms with Gasteiger partial charge in [-0.3, -0.25) is 4.79 Å². The zero-order chi connectivity index (χ0) is 20.2. The maximum Gasteiger partial charge on any atom is 0.192 e. The second kappa shape index (κ2) is 8.66. The Kier molecular flexibility index (Phi) is 5.81. The van der Waals surface area contributed by atoms with Gasteiger partial charge in [0.15, 0.2) is 17.0 Å². The Labute approximate surface area is 168 Å². The van der Waals surface area contributed by atoms with Gasteiger partial charge in [0, 0.05) is 35.7 Å². The molecule has 0 spiro atoms. The Morgan fingerprint density at radius 1 is 1.14 bits per heavy atom. The van der Waals surface area contributed by atoms with Gasteiger partial charge in [0.1, 0.15) is 12.4 Å². The number of benzene rings is 2. The Hall–Kier alpha value is -2.86. The number of aromatic nitrogens is 1. The standard InChI is InChI=1S/C23H24FNO4/c1-15-21(25-20-5-3-2-4-18(20)23(15)26)14-29-22-12-17(6-7-19(22)24)28-13-16-8-10-27-11-9-16/h2-7,12,16H,8-11,13-14H2,1H3,(H,25,26). The summed E-state index contributed by atoms with van der Waals surface area (Å²) in [7, 11) is 0. The van der Waals surface area contributed by atoms with Crippen molar-refractivity contribution in [2.45, 2.75) is 26.4 Å². The molecule has 1 fully saturated rings. The second-order valence-corrected chi connectivity index (χ2v) is 7.35.